The fraction of sp³-hybridized carbons (Fsp3) is 0.214. The van der Waals surface area contributed by atoms with Gasteiger partial charge in [0.25, 0.3) is 0 Å². The van der Waals surface area contributed by atoms with Gasteiger partial charge in [-0.25, -0.2) is 4.98 Å². The molecule has 3 heterocycles. The van der Waals surface area contributed by atoms with Crippen LogP contribution in [0.3, 0.4) is 0 Å². The maximum atomic E-state index is 9.82. The van der Waals surface area contributed by atoms with E-state index in [0.717, 1.165) is 15.9 Å². The van der Waals surface area contributed by atoms with E-state index >= 15 is 0 Å². The van der Waals surface area contributed by atoms with Crippen molar-refractivity contribution < 1.29 is 9.53 Å². The van der Waals surface area contributed by atoms with Crippen LogP contribution in [0, 0.1) is 4.77 Å². The summed E-state index contributed by atoms with van der Waals surface area (Å²) in [6, 6.07) is 3.95. The Bertz CT molecular complexity index is 869. The Kier molecular flexibility index (Phi) is 6.58. The van der Waals surface area contributed by atoms with Gasteiger partial charge in [0.15, 0.2) is 10.6 Å². The van der Waals surface area contributed by atoms with Gasteiger partial charge >= 0.3 is 5.97 Å². The van der Waals surface area contributed by atoms with Crippen LogP contribution in [0.1, 0.15) is 18.7 Å². The van der Waals surface area contributed by atoms with Crippen LogP contribution in [0.2, 0.25) is 0 Å². The summed E-state index contributed by atoms with van der Waals surface area (Å²) >= 11 is 6.63. The standard InChI is InChI=1S/C10H8N6S2.C4H8O2/c17-10-13-8(7-5-12-16-9(7)14-10)15-11-4-6-2-1-3-18-6;1-3-6-4(2)5/h1-5H,(H3,12,13,14,15,16,17);3H2,1-2H3/b11-4+;. The summed E-state index contributed by atoms with van der Waals surface area (Å²) in [5, 5.41) is 13.7. The molecular formula is C14H16N6O2S2. The monoisotopic (exact) mass is 364 g/mol. The Balaban J connectivity index is 0.000000301. The summed E-state index contributed by atoms with van der Waals surface area (Å²) in [5.41, 5.74) is 3.60. The highest BCUT2D eigenvalue weighted by Gasteiger charge is 2.04. The van der Waals surface area contributed by atoms with Gasteiger partial charge in [0, 0.05) is 11.8 Å². The number of thiophene rings is 1. The predicted octanol–water partition coefficient (Wildman–Crippen LogP) is 3.09. The first-order valence-electron chi connectivity index (χ1n) is 6.99. The Hall–Kier alpha value is -2.59. The number of carbonyl (C=O) groups is 1. The lowest BCUT2D eigenvalue weighted by molar-refractivity contribution is -0.140. The lowest BCUT2D eigenvalue weighted by Crippen LogP contribution is -1.95. The molecule has 24 heavy (non-hydrogen) atoms. The molecule has 0 saturated carbocycles. The zero-order valence-corrected chi connectivity index (χ0v) is 14.7. The summed E-state index contributed by atoms with van der Waals surface area (Å²) in [4.78, 5) is 18.0. The van der Waals surface area contributed by atoms with Crippen molar-refractivity contribution in [3.8, 4) is 0 Å². The number of fused-ring (bicyclic) bond motifs is 1. The predicted molar refractivity (Wildman–Crippen MR) is 96.9 cm³/mol. The number of nitrogens with zero attached hydrogens (tertiary/aromatic N) is 3. The van der Waals surface area contributed by atoms with Crippen molar-refractivity contribution in [2.45, 2.75) is 13.8 Å². The average molecular weight is 364 g/mol. The largest absolute Gasteiger partial charge is 0.466 e. The molecule has 0 saturated heterocycles. The average Bonchev–Trinajstić information content (AvgIpc) is 3.18. The van der Waals surface area contributed by atoms with E-state index in [4.69, 9.17) is 12.2 Å². The molecule has 0 amide bonds. The van der Waals surface area contributed by atoms with Crippen LogP contribution in [-0.4, -0.2) is 39.0 Å². The van der Waals surface area contributed by atoms with Gasteiger partial charge in [-0.3, -0.25) is 15.3 Å². The second-order valence-electron chi connectivity index (χ2n) is 4.36. The third-order valence-electron chi connectivity index (χ3n) is 2.59. The lowest BCUT2D eigenvalue weighted by atomic mass is 10.4. The molecule has 0 radical (unpaired) electrons. The minimum atomic E-state index is -0.211. The van der Waals surface area contributed by atoms with Gasteiger partial charge in [-0.1, -0.05) is 6.07 Å². The van der Waals surface area contributed by atoms with E-state index < -0.39 is 0 Å². The highest BCUT2D eigenvalue weighted by Crippen LogP contribution is 2.16. The maximum absolute atomic E-state index is 9.82. The zero-order valence-electron chi connectivity index (χ0n) is 13.1. The van der Waals surface area contributed by atoms with E-state index in [2.05, 4.69) is 35.4 Å². The normalized spacial score (nSPS) is 10.4. The van der Waals surface area contributed by atoms with E-state index in [1.54, 1.807) is 30.7 Å². The van der Waals surface area contributed by atoms with Crippen molar-refractivity contribution in [1.82, 2.24) is 20.2 Å². The Labute approximate surface area is 147 Å². The molecule has 0 aliphatic rings. The van der Waals surface area contributed by atoms with Crippen LogP contribution >= 0.6 is 23.6 Å². The van der Waals surface area contributed by atoms with Gasteiger partial charge in [0.1, 0.15) is 5.65 Å². The Morgan fingerprint density at radius 3 is 3.04 bits per heavy atom. The van der Waals surface area contributed by atoms with Crippen LogP contribution in [0.5, 0.6) is 0 Å². The highest BCUT2D eigenvalue weighted by atomic mass is 32.1. The van der Waals surface area contributed by atoms with Gasteiger partial charge in [-0.2, -0.15) is 10.2 Å². The number of rotatable bonds is 4. The van der Waals surface area contributed by atoms with Crippen LogP contribution in [0.4, 0.5) is 5.82 Å². The topological polar surface area (TPSA) is 108 Å². The lowest BCUT2D eigenvalue weighted by Gasteiger charge is -1.99. The molecule has 8 nitrogen and oxygen atoms in total. The molecule has 3 N–H and O–H groups in total. The number of aromatic nitrogens is 4. The smallest absolute Gasteiger partial charge is 0.302 e. The molecule has 0 atom stereocenters. The number of esters is 1. The number of aromatic amines is 2. The van der Waals surface area contributed by atoms with Crippen LogP contribution in [-0.2, 0) is 9.53 Å². The highest BCUT2D eigenvalue weighted by molar-refractivity contribution is 7.71. The molecule has 0 aromatic carbocycles. The van der Waals surface area contributed by atoms with E-state index in [0.29, 0.717) is 17.2 Å². The summed E-state index contributed by atoms with van der Waals surface area (Å²) in [5.74, 6) is 0.368. The number of hydrogen-bond donors (Lipinski definition) is 3. The maximum Gasteiger partial charge on any atom is 0.302 e. The molecule has 0 aliphatic heterocycles. The molecule has 0 aliphatic carbocycles. The molecule has 3 aromatic rings. The number of anilines is 1. The quantitative estimate of drug-likeness (QED) is 0.284. The first-order chi connectivity index (χ1) is 11.6. The van der Waals surface area contributed by atoms with Gasteiger partial charge in [-0.05, 0) is 30.6 Å². The van der Waals surface area contributed by atoms with E-state index in [1.807, 2.05) is 17.5 Å². The number of hydrogen-bond acceptors (Lipinski definition) is 8. The van der Waals surface area contributed by atoms with Gasteiger partial charge in [0.2, 0.25) is 0 Å². The van der Waals surface area contributed by atoms with Crippen LogP contribution in [0.25, 0.3) is 11.0 Å². The number of carbonyl (C=O) groups excluding carboxylic acids is 1. The number of hydrazone groups is 1. The van der Waals surface area contributed by atoms with Crippen molar-refractivity contribution in [2.75, 3.05) is 12.0 Å². The van der Waals surface area contributed by atoms with Crippen molar-refractivity contribution in [3.63, 3.8) is 0 Å². The summed E-state index contributed by atoms with van der Waals surface area (Å²) in [6.07, 6.45) is 3.40. The number of H-pyrrole nitrogens is 2. The molecule has 126 valence electrons. The molecule has 3 rings (SSSR count). The zero-order chi connectivity index (χ0) is 17.4. The molecule has 0 fully saturated rings. The molecule has 0 bridgehead atoms. The Morgan fingerprint density at radius 2 is 2.42 bits per heavy atom. The summed E-state index contributed by atoms with van der Waals surface area (Å²) < 4.78 is 4.78. The molecule has 0 unspecified atom stereocenters. The molecular weight excluding hydrogens is 348 g/mol. The fourth-order valence-electron chi connectivity index (χ4n) is 1.67. The van der Waals surface area contributed by atoms with Gasteiger partial charge in [0.05, 0.1) is 24.4 Å². The third kappa shape index (κ3) is 5.25. The minimum absolute atomic E-state index is 0.211. The van der Waals surface area contributed by atoms with E-state index in [9.17, 15) is 4.79 Å². The van der Waals surface area contributed by atoms with E-state index in [1.165, 1.54) is 6.92 Å². The van der Waals surface area contributed by atoms with Crippen molar-refractivity contribution in [1.29, 1.82) is 0 Å². The summed E-state index contributed by atoms with van der Waals surface area (Å²) in [7, 11) is 0. The van der Waals surface area contributed by atoms with Crippen molar-refractivity contribution in [2.24, 2.45) is 5.10 Å². The SMILES string of the molecule is CCOC(C)=O.S=c1nc(N/N=C/c2cccs2)c2cn[nH]c2[nH]1. The first-order valence-corrected chi connectivity index (χ1v) is 8.28. The van der Waals surface area contributed by atoms with Crippen LogP contribution in [0.15, 0.2) is 28.8 Å². The van der Waals surface area contributed by atoms with Crippen LogP contribution < -0.4 is 5.43 Å². The minimum Gasteiger partial charge on any atom is -0.466 e. The fourth-order valence-corrected chi connectivity index (χ4v) is 2.45. The third-order valence-corrected chi connectivity index (χ3v) is 3.59. The number of nitrogens with one attached hydrogen (secondary N) is 3. The molecule has 3 aromatic heterocycles. The molecule has 10 heteroatoms. The second kappa shape index (κ2) is 8.89. The van der Waals surface area contributed by atoms with Gasteiger partial charge in [-0.15, -0.1) is 11.3 Å². The van der Waals surface area contributed by atoms with Crippen molar-refractivity contribution in [3.05, 3.63) is 33.4 Å². The van der Waals surface area contributed by atoms with E-state index in [-0.39, 0.29) is 5.97 Å². The molecule has 0 spiro atoms. The van der Waals surface area contributed by atoms with Gasteiger partial charge < -0.3 is 9.72 Å². The Morgan fingerprint density at radius 1 is 1.58 bits per heavy atom. The second-order valence-corrected chi connectivity index (χ2v) is 5.73. The number of ether oxygens (including phenoxy) is 1. The van der Waals surface area contributed by atoms with Crippen molar-refractivity contribution >= 4 is 52.6 Å². The summed E-state index contributed by atoms with van der Waals surface area (Å²) in [6.45, 7) is 3.65. The first kappa shape index (κ1) is 17.8.